The molecule has 2 aromatic rings. The van der Waals surface area contributed by atoms with Crippen LogP contribution in [0, 0.1) is 19.3 Å². The Morgan fingerprint density at radius 3 is 2.54 bits per heavy atom. The normalized spacial score (nSPS) is 10.4. The van der Waals surface area contributed by atoms with E-state index in [2.05, 4.69) is 5.92 Å². The monoisotopic (exact) mass is 346 g/mol. The first-order valence-corrected chi connectivity index (χ1v) is 8.06. The number of benzene rings is 1. The maximum absolute atomic E-state index is 12.6. The maximum atomic E-state index is 12.6. The third-order valence-electron chi connectivity index (χ3n) is 3.19. The molecule has 24 heavy (non-hydrogen) atoms. The molecule has 2 rings (SSSR count). The molecule has 0 bridgehead atoms. The van der Waals surface area contributed by atoms with E-state index in [-0.39, 0.29) is 13.2 Å². The number of methoxy groups -OCH3 is 1. The van der Waals surface area contributed by atoms with Crippen LogP contribution >= 0.6 is 11.8 Å². The molecule has 0 saturated carbocycles. The number of aromatic nitrogens is 2. The molecule has 0 amide bonds. The van der Waals surface area contributed by atoms with E-state index in [1.165, 1.54) is 18.9 Å². The highest BCUT2D eigenvalue weighted by Gasteiger charge is 2.18. The van der Waals surface area contributed by atoms with Crippen molar-refractivity contribution in [1.82, 2.24) is 9.30 Å². The van der Waals surface area contributed by atoms with E-state index < -0.39 is 11.2 Å². The van der Waals surface area contributed by atoms with E-state index in [0.29, 0.717) is 17.2 Å². The summed E-state index contributed by atoms with van der Waals surface area (Å²) in [6, 6.07) is 9.43. The average molecular weight is 346 g/mol. The number of ether oxygens (including phenoxy) is 1. The van der Waals surface area contributed by atoms with E-state index in [1.54, 1.807) is 6.92 Å². The van der Waals surface area contributed by atoms with E-state index in [4.69, 9.17) is 16.0 Å². The van der Waals surface area contributed by atoms with Crippen LogP contribution in [-0.4, -0.2) is 29.6 Å². The summed E-state index contributed by atoms with van der Waals surface area (Å²) in [5.74, 6) is 2.32. The van der Waals surface area contributed by atoms with Gasteiger partial charge in [0, 0.05) is 17.6 Å². The maximum Gasteiger partial charge on any atom is 0.365 e. The second-order valence-electron chi connectivity index (χ2n) is 4.84. The molecular weight excluding hydrogens is 328 g/mol. The Kier molecular flexibility index (Phi) is 6.29. The van der Waals surface area contributed by atoms with Gasteiger partial charge in [-0.15, -0.1) is 11.2 Å². The van der Waals surface area contributed by atoms with Crippen molar-refractivity contribution in [3.05, 3.63) is 56.7 Å². The highest BCUT2D eigenvalue weighted by atomic mass is 32.2. The summed E-state index contributed by atoms with van der Waals surface area (Å²) < 4.78 is 7.04. The lowest BCUT2D eigenvalue weighted by molar-refractivity contribution is 0.0353. The zero-order valence-electron chi connectivity index (χ0n) is 13.5. The zero-order chi connectivity index (χ0) is 17.5. The Morgan fingerprint density at radius 1 is 1.21 bits per heavy atom. The molecule has 0 fully saturated rings. The van der Waals surface area contributed by atoms with Gasteiger partial charge in [-0.3, -0.25) is 4.79 Å². The topological polar surface area (TPSA) is 62.5 Å². The van der Waals surface area contributed by atoms with E-state index >= 15 is 0 Å². The largest absolute Gasteiger partial charge is 0.406 e. The fourth-order valence-corrected chi connectivity index (χ4v) is 2.97. The van der Waals surface area contributed by atoms with E-state index in [9.17, 15) is 9.59 Å². The summed E-state index contributed by atoms with van der Waals surface area (Å²) in [4.78, 5) is 31.4. The lowest BCUT2D eigenvalue weighted by Gasteiger charge is -2.16. The van der Waals surface area contributed by atoms with Crippen molar-refractivity contribution in [2.75, 3.05) is 20.3 Å². The minimum Gasteiger partial charge on any atom is -0.406 e. The van der Waals surface area contributed by atoms with Crippen molar-refractivity contribution in [3.8, 4) is 12.3 Å². The number of terminal acetylenes is 1. The summed E-state index contributed by atoms with van der Waals surface area (Å²) in [6.45, 7) is 2.03. The Morgan fingerprint density at radius 2 is 1.92 bits per heavy atom. The van der Waals surface area contributed by atoms with Crippen molar-refractivity contribution in [2.24, 2.45) is 0 Å². The lowest BCUT2D eigenvalue weighted by Crippen LogP contribution is -2.44. The summed E-state index contributed by atoms with van der Waals surface area (Å²) in [7, 11) is 1.54. The minimum absolute atomic E-state index is 0.109. The molecular formula is C17H18N2O4S. The molecule has 7 heteroatoms. The predicted octanol–water partition coefficient (Wildman–Crippen LogP) is 1.18. The molecule has 1 heterocycles. The number of hydrogen-bond acceptors (Lipinski definition) is 5. The van der Waals surface area contributed by atoms with Crippen molar-refractivity contribution < 1.29 is 9.57 Å². The van der Waals surface area contributed by atoms with Gasteiger partial charge >= 0.3 is 5.69 Å². The summed E-state index contributed by atoms with van der Waals surface area (Å²) >= 11 is 1.29. The van der Waals surface area contributed by atoms with Gasteiger partial charge in [0.15, 0.2) is 0 Å². The SMILES string of the molecule is C#CCn1c(=O)c(C)c(Sc2ccccc2)n(OCCOC)c1=O. The van der Waals surface area contributed by atoms with Crippen LogP contribution in [0.3, 0.4) is 0 Å². The van der Waals surface area contributed by atoms with Gasteiger partial charge in [-0.1, -0.05) is 35.9 Å². The van der Waals surface area contributed by atoms with Crippen LogP contribution in [-0.2, 0) is 11.3 Å². The minimum atomic E-state index is -0.599. The zero-order valence-corrected chi connectivity index (χ0v) is 14.3. The Labute approximate surface area is 144 Å². The van der Waals surface area contributed by atoms with Gasteiger partial charge in [-0.05, 0) is 19.1 Å². The summed E-state index contributed by atoms with van der Waals surface area (Å²) in [6.07, 6.45) is 5.26. The molecule has 0 unspecified atom stereocenters. The molecule has 0 aliphatic carbocycles. The third-order valence-corrected chi connectivity index (χ3v) is 4.36. The van der Waals surface area contributed by atoms with Gasteiger partial charge in [0.1, 0.15) is 11.6 Å². The molecule has 0 aliphatic heterocycles. The molecule has 0 spiro atoms. The highest BCUT2D eigenvalue weighted by molar-refractivity contribution is 7.99. The molecule has 6 nitrogen and oxygen atoms in total. The van der Waals surface area contributed by atoms with Gasteiger partial charge in [0.25, 0.3) is 5.56 Å². The molecule has 0 radical (unpaired) electrons. The number of hydrogen-bond donors (Lipinski definition) is 0. The summed E-state index contributed by atoms with van der Waals surface area (Å²) in [5.41, 5.74) is -0.614. The standard InChI is InChI=1S/C17H18N2O4S/c1-4-10-18-15(20)13(2)16(24-14-8-6-5-7-9-14)19(17(18)21)23-12-11-22-3/h1,5-9H,10-12H2,2-3H3. The van der Waals surface area contributed by atoms with Gasteiger partial charge in [-0.25, -0.2) is 9.36 Å². The van der Waals surface area contributed by atoms with Gasteiger partial charge in [0.2, 0.25) is 0 Å². The highest BCUT2D eigenvalue weighted by Crippen LogP contribution is 2.27. The van der Waals surface area contributed by atoms with E-state index in [0.717, 1.165) is 14.2 Å². The lowest BCUT2D eigenvalue weighted by atomic mass is 10.4. The first kappa shape index (κ1) is 17.9. The fourth-order valence-electron chi connectivity index (χ4n) is 2.00. The molecule has 0 N–H and O–H groups in total. The number of rotatable bonds is 7. The van der Waals surface area contributed by atoms with Crippen LogP contribution in [0.25, 0.3) is 0 Å². The second-order valence-corrected chi connectivity index (χ2v) is 5.91. The molecule has 0 aliphatic rings. The predicted molar refractivity (Wildman–Crippen MR) is 92.4 cm³/mol. The first-order valence-electron chi connectivity index (χ1n) is 7.25. The molecule has 1 aromatic carbocycles. The quantitative estimate of drug-likeness (QED) is 0.428. The first-order chi connectivity index (χ1) is 11.6. The van der Waals surface area contributed by atoms with Crippen molar-refractivity contribution in [3.63, 3.8) is 0 Å². The second kappa shape index (κ2) is 8.43. The Hall–Kier alpha value is -2.43. The fraction of sp³-hybridized carbons (Fsp3) is 0.294. The van der Waals surface area contributed by atoms with Crippen molar-refractivity contribution >= 4 is 11.8 Å². The molecule has 126 valence electrons. The van der Waals surface area contributed by atoms with Gasteiger partial charge in [0.05, 0.1) is 13.2 Å². The van der Waals surface area contributed by atoms with Crippen LogP contribution < -0.4 is 16.1 Å². The van der Waals surface area contributed by atoms with Crippen LogP contribution in [0.1, 0.15) is 5.56 Å². The van der Waals surface area contributed by atoms with Crippen molar-refractivity contribution in [2.45, 2.75) is 23.4 Å². The van der Waals surface area contributed by atoms with Crippen LogP contribution in [0.5, 0.6) is 0 Å². The molecule has 1 aromatic heterocycles. The Bertz CT molecular complexity index is 850. The van der Waals surface area contributed by atoms with E-state index in [1.807, 2.05) is 30.3 Å². The third kappa shape index (κ3) is 3.91. The molecule has 0 saturated heterocycles. The van der Waals surface area contributed by atoms with Crippen LogP contribution in [0.4, 0.5) is 0 Å². The Balaban J connectivity index is 2.56. The van der Waals surface area contributed by atoms with Crippen LogP contribution in [0.2, 0.25) is 0 Å². The number of nitrogens with zero attached hydrogens (tertiary/aromatic N) is 2. The molecule has 0 atom stereocenters. The average Bonchev–Trinajstić information content (AvgIpc) is 2.60. The summed E-state index contributed by atoms with van der Waals surface area (Å²) in [5, 5.41) is 0.431. The smallest absolute Gasteiger partial charge is 0.365 e. The van der Waals surface area contributed by atoms with Gasteiger partial charge < -0.3 is 9.57 Å². The van der Waals surface area contributed by atoms with Crippen LogP contribution in [0.15, 0.2) is 49.8 Å². The van der Waals surface area contributed by atoms with Crippen molar-refractivity contribution in [1.29, 1.82) is 0 Å². The van der Waals surface area contributed by atoms with Gasteiger partial charge in [-0.2, -0.15) is 0 Å².